The Hall–Kier alpha value is -3.58. The third-order valence-corrected chi connectivity index (χ3v) is 4.99. The van der Waals surface area contributed by atoms with Gasteiger partial charge in [0.15, 0.2) is 0 Å². The smallest absolute Gasteiger partial charge is 0.269 e. The highest BCUT2D eigenvalue weighted by molar-refractivity contribution is 8.00. The van der Waals surface area contributed by atoms with Crippen molar-refractivity contribution < 1.29 is 9.53 Å². The standard InChI is InChI=1S/C22H18N4O2S/c1-23-22(27)21-13-17(9-11-25-21)28-16-7-8-19-15(12-16)4-2-6-20(19)26-29-18-5-3-10-24-14-18/h2-14,26H,1H3,(H,23,27). The Morgan fingerprint density at radius 2 is 1.90 bits per heavy atom. The van der Waals surface area contributed by atoms with Crippen molar-refractivity contribution in [2.45, 2.75) is 4.90 Å². The van der Waals surface area contributed by atoms with Gasteiger partial charge in [0.05, 0.1) is 5.69 Å². The molecule has 2 aromatic carbocycles. The number of anilines is 1. The van der Waals surface area contributed by atoms with Crippen molar-refractivity contribution in [1.82, 2.24) is 15.3 Å². The van der Waals surface area contributed by atoms with E-state index in [0.717, 1.165) is 21.4 Å². The van der Waals surface area contributed by atoms with Gasteiger partial charge in [-0.05, 0) is 59.8 Å². The molecule has 2 heterocycles. The van der Waals surface area contributed by atoms with Crippen LogP contribution in [-0.2, 0) is 0 Å². The van der Waals surface area contributed by atoms with E-state index in [1.165, 1.54) is 11.9 Å². The van der Waals surface area contributed by atoms with Crippen molar-refractivity contribution in [3.63, 3.8) is 0 Å². The number of ether oxygens (including phenoxy) is 1. The second kappa shape index (κ2) is 8.62. The number of rotatable bonds is 6. The van der Waals surface area contributed by atoms with E-state index < -0.39 is 0 Å². The lowest BCUT2D eigenvalue weighted by Crippen LogP contribution is -2.18. The zero-order valence-corrected chi connectivity index (χ0v) is 16.4. The number of hydrogen-bond acceptors (Lipinski definition) is 6. The monoisotopic (exact) mass is 402 g/mol. The summed E-state index contributed by atoms with van der Waals surface area (Å²) in [6.45, 7) is 0. The van der Waals surface area contributed by atoms with Gasteiger partial charge in [-0.15, -0.1) is 0 Å². The summed E-state index contributed by atoms with van der Waals surface area (Å²) < 4.78 is 9.32. The van der Waals surface area contributed by atoms with Crippen LogP contribution < -0.4 is 14.8 Å². The molecule has 0 unspecified atom stereocenters. The summed E-state index contributed by atoms with van der Waals surface area (Å²) >= 11 is 1.51. The zero-order valence-electron chi connectivity index (χ0n) is 15.6. The average Bonchev–Trinajstić information content (AvgIpc) is 2.78. The van der Waals surface area contributed by atoms with E-state index in [4.69, 9.17) is 4.74 Å². The molecular weight excluding hydrogens is 384 g/mol. The van der Waals surface area contributed by atoms with Gasteiger partial charge in [-0.25, -0.2) is 0 Å². The molecule has 0 bridgehead atoms. The fourth-order valence-electron chi connectivity index (χ4n) is 2.80. The van der Waals surface area contributed by atoms with Crippen LogP contribution in [0, 0.1) is 0 Å². The molecule has 7 heteroatoms. The summed E-state index contributed by atoms with van der Waals surface area (Å²) in [5, 5.41) is 4.68. The van der Waals surface area contributed by atoms with Crippen molar-refractivity contribution in [3.8, 4) is 11.5 Å². The van der Waals surface area contributed by atoms with Gasteiger partial charge < -0.3 is 14.8 Å². The first-order valence-corrected chi connectivity index (χ1v) is 9.76. The minimum absolute atomic E-state index is 0.254. The molecule has 0 radical (unpaired) electrons. The van der Waals surface area contributed by atoms with E-state index in [2.05, 4.69) is 20.0 Å². The van der Waals surface area contributed by atoms with E-state index in [-0.39, 0.29) is 5.91 Å². The van der Waals surface area contributed by atoms with Crippen molar-refractivity contribution in [2.24, 2.45) is 0 Å². The highest BCUT2D eigenvalue weighted by Crippen LogP contribution is 2.31. The number of carbonyl (C=O) groups excluding carboxylic acids is 1. The molecule has 1 amide bonds. The molecule has 0 saturated heterocycles. The lowest BCUT2D eigenvalue weighted by molar-refractivity contribution is 0.0958. The third kappa shape index (κ3) is 4.47. The van der Waals surface area contributed by atoms with Crippen LogP contribution in [0.25, 0.3) is 10.8 Å². The predicted molar refractivity (Wildman–Crippen MR) is 115 cm³/mol. The maximum absolute atomic E-state index is 11.8. The van der Waals surface area contributed by atoms with Crippen LogP contribution in [0.15, 0.2) is 84.1 Å². The molecule has 4 rings (SSSR count). The minimum Gasteiger partial charge on any atom is -0.457 e. The number of fused-ring (bicyclic) bond motifs is 1. The van der Waals surface area contributed by atoms with Crippen LogP contribution >= 0.6 is 11.9 Å². The average molecular weight is 402 g/mol. The molecule has 2 N–H and O–H groups in total. The van der Waals surface area contributed by atoms with Gasteiger partial charge in [-0.1, -0.05) is 12.1 Å². The lowest BCUT2D eigenvalue weighted by Gasteiger charge is -2.11. The number of amides is 1. The lowest BCUT2D eigenvalue weighted by atomic mass is 10.1. The molecule has 6 nitrogen and oxygen atoms in total. The zero-order chi connectivity index (χ0) is 20.1. The van der Waals surface area contributed by atoms with Gasteiger partial charge >= 0.3 is 0 Å². The maximum Gasteiger partial charge on any atom is 0.269 e. The Labute approximate surface area is 172 Å². The largest absolute Gasteiger partial charge is 0.457 e. The van der Waals surface area contributed by atoms with E-state index in [1.54, 1.807) is 31.6 Å². The van der Waals surface area contributed by atoms with E-state index >= 15 is 0 Å². The van der Waals surface area contributed by atoms with E-state index in [9.17, 15) is 4.79 Å². The number of nitrogens with one attached hydrogen (secondary N) is 2. The number of hydrogen-bond donors (Lipinski definition) is 2. The molecule has 144 valence electrons. The summed E-state index contributed by atoms with van der Waals surface area (Å²) in [6.07, 6.45) is 5.12. The second-order valence-corrected chi connectivity index (χ2v) is 7.02. The quantitative estimate of drug-likeness (QED) is 0.447. The van der Waals surface area contributed by atoms with Crippen LogP contribution in [-0.4, -0.2) is 22.9 Å². The molecule has 0 aliphatic carbocycles. The topological polar surface area (TPSA) is 76.1 Å². The first-order valence-electron chi connectivity index (χ1n) is 8.94. The number of carbonyl (C=O) groups is 1. The van der Waals surface area contributed by atoms with Gasteiger partial charge in [0.2, 0.25) is 0 Å². The van der Waals surface area contributed by atoms with E-state index in [1.807, 2.05) is 54.7 Å². The molecule has 0 atom stereocenters. The molecule has 0 saturated carbocycles. The molecule has 2 aromatic heterocycles. The molecule has 4 aromatic rings. The third-order valence-electron chi connectivity index (χ3n) is 4.19. The van der Waals surface area contributed by atoms with Gasteiger partial charge in [0.1, 0.15) is 17.2 Å². The molecular formula is C22H18N4O2S. The van der Waals surface area contributed by atoms with E-state index in [0.29, 0.717) is 17.2 Å². The van der Waals surface area contributed by atoms with Crippen molar-refractivity contribution in [3.05, 3.63) is 84.9 Å². The van der Waals surface area contributed by atoms with Crippen LogP contribution in [0.3, 0.4) is 0 Å². The van der Waals surface area contributed by atoms with Gasteiger partial charge in [-0.3, -0.25) is 14.8 Å². The fraction of sp³-hybridized carbons (Fsp3) is 0.0455. The second-order valence-electron chi connectivity index (χ2n) is 6.14. The van der Waals surface area contributed by atoms with Gasteiger partial charge in [0, 0.05) is 42.0 Å². The van der Waals surface area contributed by atoms with Crippen LogP contribution in [0.1, 0.15) is 10.5 Å². The first-order chi connectivity index (χ1) is 14.2. The summed E-state index contributed by atoms with van der Waals surface area (Å²) in [4.78, 5) is 21.0. The Morgan fingerprint density at radius 3 is 2.72 bits per heavy atom. The fourth-order valence-corrected chi connectivity index (χ4v) is 3.46. The Bertz CT molecular complexity index is 1150. The first kappa shape index (κ1) is 18.8. The summed E-state index contributed by atoms with van der Waals surface area (Å²) in [7, 11) is 1.57. The normalized spacial score (nSPS) is 10.5. The molecule has 0 aliphatic rings. The van der Waals surface area contributed by atoms with Crippen LogP contribution in [0.5, 0.6) is 11.5 Å². The number of benzene rings is 2. The van der Waals surface area contributed by atoms with Crippen molar-refractivity contribution in [2.75, 3.05) is 11.8 Å². The Balaban J connectivity index is 1.55. The Morgan fingerprint density at radius 1 is 1.00 bits per heavy atom. The molecule has 0 spiro atoms. The van der Waals surface area contributed by atoms with Crippen LogP contribution in [0.4, 0.5) is 5.69 Å². The van der Waals surface area contributed by atoms with Gasteiger partial charge in [0.25, 0.3) is 5.91 Å². The molecule has 29 heavy (non-hydrogen) atoms. The number of pyridine rings is 2. The van der Waals surface area contributed by atoms with Crippen molar-refractivity contribution in [1.29, 1.82) is 0 Å². The molecule has 0 aliphatic heterocycles. The number of nitrogens with zero attached hydrogens (tertiary/aromatic N) is 2. The summed E-state index contributed by atoms with van der Waals surface area (Å²) in [5.41, 5.74) is 1.32. The van der Waals surface area contributed by atoms with Crippen molar-refractivity contribution >= 4 is 34.3 Å². The highest BCUT2D eigenvalue weighted by atomic mass is 32.2. The summed E-state index contributed by atoms with van der Waals surface area (Å²) in [6, 6.07) is 19.2. The summed E-state index contributed by atoms with van der Waals surface area (Å²) in [5.74, 6) is 0.985. The van der Waals surface area contributed by atoms with Gasteiger partial charge in [-0.2, -0.15) is 0 Å². The van der Waals surface area contributed by atoms with Crippen LogP contribution in [0.2, 0.25) is 0 Å². The number of aromatic nitrogens is 2. The highest BCUT2D eigenvalue weighted by Gasteiger charge is 2.08. The minimum atomic E-state index is -0.254. The Kier molecular flexibility index (Phi) is 5.58. The molecule has 0 fully saturated rings. The maximum atomic E-state index is 11.8. The SMILES string of the molecule is CNC(=O)c1cc(Oc2ccc3c(NSc4cccnc4)cccc3c2)ccn1. The predicted octanol–water partition coefficient (Wildman–Crippen LogP) is 4.90.